The molecule has 0 amide bonds. The van der Waals surface area contributed by atoms with E-state index in [9.17, 15) is 16.8 Å². The molecule has 1 atom stereocenters. The topological polar surface area (TPSA) is 93.2 Å². The average Bonchev–Trinajstić information content (AvgIpc) is 2.46. The van der Waals surface area contributed by atoms with Gasteiger partial charge in [0.05, 0.1) is 9.92 Å². The maximum atomic E-state index is 12.5. The maximum absolute atomic E-state index is 12.5. The third-order valence-corrected chi connectivity index (χ3v) is 6.27. The second kappa shape index (κ2) is 6.56. The Morgan fingerprint density at radius 3 is 2.43 bits per heavy atom. The van der Waals surface area contributed by atoms with E-state index in [2.05, 4.69) is 9.71 Å². The van der Waals surface area contributed by atoms with E-state index in [1.165, 1.54) is 12.1 Å². The van der Waals surface area contributed by atoms with Crippen LogP contribution in [-0.2, 0) is 19.9 Å². The molecule has 1 heterocycles. The van der Waals surface area contributed by atoms with Gasteiger partial charge in [-0.15, -0.1) is 0 Å². The van der Waals surface area contributed by atoms with Crippen LogP contribution in [-0.4, -0.2) is 28.1 Å². The van der Waals surface area contributed by atoms with Crippen LogP contribution in [0, 0.1) is 0 Å². The summed E-state index contributed by atoms with van der Waals surface area (Å²) in [6, 6.07) is 6.44. The van der Waals surface area contributed by atoms with Gasteiger partial charge in [0.15, 0.2) is 9.84 Å². The minimum atomic E-state index is -4.00. The minimum absolute atomic E-state index is 0.0525. The first-order valence-corrected chi connectivity index (χ1v) is 10.3. The van der Waals surface area contributed by atoms with Crippen molar-refractivity contribution in [1.29, 1.82) is 0 Å². The second-order valence-electron chi connectivity index (χ2n) is 4.99. The van der Waals surface area contributed by atoms with Crippen molar-refractivity contribution in [3.63, 3.8) is 0 Å². The van der Waals surface area contributed by atoms with Crippen LogP contribution < -0.4 is 4.72 Å². The standard InChI is InChI=1S/C14H15ClN2O4S2/c1-10(11-4-3-7-16-9-11)17-23(20,21)14-8-12(22(2,18)19)5-6-13(14)15/h3-10,17H,1-2H3/t10-/m0/s1. The Labute approximate surface area is 140 Å². The van der Waals surface area contributed by atoms with E-state index in [1.54, 1.807) is 31.5 Å². The van der Waals surface area contributed by atoms with E-state index in [4.69, 9.17) is 11.6 Å². The number of benzene rings is 1. The van der Waals surface area contributed by atoms with Crippen molar-refractivity contribution in [2.75, 3.05) is 6.26 Å². The number of nitrogens with one attached hydrogen (secondary N) is 1. The number of nitrogens with zero attached hydrogens (tertiary/aromatic N) is 1. The quantitative estimate of drug-likeness (QED) is 0.865. The SMILES string of the molecule is C[C@H](NS(=O)(=O)c1cc(S(C)(=O)=O)ccc1Cl)c1cccnc1. The molecule has 124 valence electrons. The molecule has 0 aliphatic rings. The van der Waals surface area contributed by atoms with Crippen LogP contribution >= 0.6 is 11.6 Å². The summed E-state index contributed by atoms with van der Waals surface area (Å²) in [6.45, 7) is 1.66. The number of aromatic nitrogens is 1. The fraction of sp³-hybridized carbons (Fsp3) is 0.214. The van der Waals surface area contributed by atoms with Crippen LogP contribution in [0.25, 0.3) is 0 Å². The summed E-state index contributed by atoms with van der Waals surface area (Å²) in [6.07, 6.45) is 4.12. The lowest BCUT2D eigenvalue weighted by Gasteiger charge is -2.15. The molecule has 0 saturated carbocycles. The van der Waals surface area contributed by atoms with E-state index in [1.807, 2.05) is 0 Å². The second-order valence-corrected chi connectivity index (χ2v) is 9.10. The summed E-state index contributed by atoms with van der Waals surface area (Å²) >= 11 is 5.93. The molecule has 1 N–H and O–H groups in total. The third kappa shape index (κ3) is 4.29. The first-order chi connectivity index (χ1) is 10.6. The Balaban J connectivity index is 2.40. The summed E-state index contributed by atoms with van der Waals surface area (Å²) in [4.78, 5) is 3.54. The Morgan fingerprint density at radius 2 is 1.87 bits per heavy atom. The van der Waals surface area contributed by atoms with Gasteiger partial charge < -0.3 is 0 Å². The lowest BCUT2D eigenvalue weighted by Crippen LogP contribution is -2.27. The van der Waals surface area contributed by atoms with E-state index in [0.29, 0.717) is 5.56 Å². The molecule has 0 saturated heterocycles. The van der Waals surface area contributed by atoms with Gasteiger partial charge in [0, 0.05) is 24.7 Å². The predicted molar refractivity (Wildman–Crippen MR) is 87.5 cm³/mol. The molecule has 0 unspecified atom stereocenters. The van der Waals surface area contributed by atoms with Crippen LogP contribution in [0.15, 0.2) is 52.5 Å². The number of sulfonamides is 1. The molecule has 0 bridgehead atoms. The highest BCUT2D eigenvalue weighted by molar-refractivity contribution is 7.91. The number of halogens is 1. The smallest absolute Gasteiger partial charge is 0.242 e. The Hall–Kier alpha value is -1.48. The van der Waals surface area contributed by atoms with Gasteiger partial charge in [0.25, 0.3) is 0 Å². The van der Waals surface area contributed by atoms with Crippen molar-refractivity contribution < 1.29 is 16.8 Å². The molecule has 0 aliphatic carbocycles. The van der Waals surface area contributed by atoms with E-state index in [-0.39, 0.29) is 14.8 Å². The minimum Gasteiger partial charge on any atom is -0.264 e. The number of rotatable bonds is 5. The summed E-state index contributed by atoms with van der Waals surface area (Å²) < 4.78 is 50.7. The fourth-order valence-electron chi connectivity index (χ4n) is 1.92. The molecule has 0 fully saturated rings. The highest BCUT2D eigenvalue weighted by Gasteiger charge is 2.23. The van der Waals surface area contributed by atoms with Crippen molar-refractivity contribution in [1.82, 2.24) is 9.71 Å². The number of hydrogen-bond donors (Lipinski definition) is 1. The lowest BCUT2D eigenvalue weighted by atomic mass is 10.2. The van der Waals surface area contributed by atoms with Gasteiger partial charge in [-0.25, -0.2) is 21.6 Å². The zero-order chi connectivity index (χ0) is 17.3. The number of pyridine rings is 1. The van der Waals surface area contributed by atoms with Crippen molar-refractivity contribution in [3.8, 4) is 0 Å². The molecular weight excluding hydrogens is 360 g/mol. The van der Waals surface area contributed by atoms with Crippen molar-refractivity contribution >= 4 is 31.5 Å². The zero-order valence-corrected chi connectivity index (χ0v) is 14.8. The maximum Gasteiger partial charge on any atom is 0.242 e. The molecule has 2 rings (SSSR count). The Bertz CT molecular complexity index is 913. The van der Waals surface area contributed by atoms with E-state index in [0.717, 1.165) is 12.3 Å². The molecule has 0 radical (unpaired) electrons. The van der Waals surface area contributed by atoms with Gasteiger partial charge in [-0.1, -0.05) is 17.7 Å². The van der Waals surface area contributed by atoms with Gasteiger partial charge >= 0.3 is 0 Å². The number of sulfone groups is 1. The van der Waals surface area contributed by atoms with Crippen LogP contribution in [0.5, 0.6) is 0 Å². The highest BCUT2D eigenvalue weighted by atomic mass is 35.5. The Morgan fingerprint density at radius 1 is 1.17 bits per heavy atom. The Kier molecular flexibility index (Phi) is 5.10. The third-order valence-electron chi connectivity index (χ3n) is 3.14. The molecule has 0 aliphatic heterocycles. The van der Waals surface area contributed by atoms with E-state index < -0.39 is 25.9 Å². The normalized spacial score (nSPS) is 13.7. The molecule has 2 aromatic rings. The molecule has 9 heteroatoms. The zero-order valence-electron chi connectivity index (χ0n) is 12.4. The fourth-order valence-corrected chi connectivity index (χ4v) is 4.40. The van der Waals surface area contributed by atoms with E-state index >= 15 is 0 Å². The first kappa shape index (κ1) is 17.9. The highest BCUT2D eigenvalue weighted by Crippen LogP contribution is 2.26. The van der Waals surface area contributed by atoms with Crippen LogP contribution in [0.4, 0.5) is 0 Å². The molecule has 1 aromatic carbocycles. The summed E-state index contributed by atoms with van der Waals surface area (Å²) in [5, 5.41) is -0.0525. The average molecular weight is 375 g/mol. The van der Waals surface area contributed by atoms with Crippen LogP contribution in [0.1, 0.15) is 18.5 Å². The van der Waals surface area contributed by atoms with Crippen LogP contribution in [0.2, 0.25) is 5.02 Å². The predicted octanol–water partition coefficient (Wildman–Crippen LogP) is 2.18. The van der Waals surface area contributed by atoms with Crippen molar-refractivity contribution in [2.45, 2.75) is 22.8 Å². The van der Waals surface area contributed by atoms with Gasteiger partial charge in [-0.3, -0.25) is 4.98 Å². The van der Waals surface area contributed by atoms with Gasteiger partial charge in [-0.2, -0.15) is 0 Å². The molecule has 23 heavy (non-hydrogen) atoms. The first-order valence-electron chi connectivity index (χ1n) is 6.53. The summed E-state index contributed by atoms with van der Waals surface area (Å²) in [7, 11) is -7.54. The van der Waals surface area contributed by atoms with Gasteiger partial charge in [0.2, 0.25) is 10.0 Å². The van der Waals surface area contributed by atoms with Crippen LogP contribution in [0.3, 0.4) is 0 Å². The van der Waals surface area contributed by atoms with Crippen molar-refractivity contribution in [2.24, 2.45) is 0 Å². The van der Waals surface area contributed by atoms with Gasteiger partial charge in [0.1, 0.15) is 4.90 Å². The molecule has 1 aromatic heterocycles. The molecule has 0 spiro atoms. The summed E-state index contributed by atoms with van der Waals surface area (Å²) in [5.74, 6) is 0. The lowest BCUT2D eigenvalue weighted by molar-refractivity contribution is 0.566. The van der Waals surface area contributed by atoms with Crippen molar-refractivity contribution in [3.05, 3.63) is 53.3 Å². The molecule has 6 nitrogen and oxygen atoms in total. The molecular formula is C14H15ClN2O4S2. The van der Waals surface area contributed by atoms with Gasteiger partial charge in [-0.05, 0) is 36.8 Å². The number of hydrogen-bond acceptors (Lipinski definition) is 5. The monoisotopic (exact) mass is 374 g/mol. The largest absolute Gasteiger partial charge is 0.264 e. The summed E-state index contributed by atoms with van der Waals surface area (Å²) in [5.41, 5.74) is 0.673.